The Labute approximate surface area is 191 Å². The highest BCUT2D eigenvalue weighted by molar-refractivity contribution is 7.09. The highest BCUT2D eigenvalue weighted by atomic mass is 32.1. The van der Waals surface area contributed by atoms with E-state index in [9.17, 15) is 5.11 Å². The summed E-state index contributed by atoms with van der Waals surface area (Å²) in [7, 11) is 3.89. The van der Waals surface area contributed by atoms with Gasteiger partial charge in [0, 0.05) is 60.1 Å². The van der Waals surface area contributed by atoms with Gasteiger partial charge in [-0.2, -0.15) is 0 Å². The summed E-state index contributed by atoms with van der Waals surface area (Å²) in [6.07, 6.45) is 6.15. The fourth-order valence-corrected chi connectivity index (χ4v) is 5.49. The van der Waals surface area contributed by atoms with Gasteiger partial charge in [-0.25, -0.2) is 15.0 Å². The van der Waals surface area contributed by atoms with Crippen molar-refractivity contribution < 1.29 is 9.84 Å². The normalized spacial score (nSPS) is 17.7. The van der Waals surface area contributed by atoms with E-state index < -0.39 is 5.60 Å². The summed E-state index contributed by atoms with van der Waals surface area (Å²) in [4.78, 5) is 15.5. The Morgan fingerprint density at radius 2 is 2.16 bits per heavy atom. The van der Waals surface area contributed by atoms with Crippen molar-refractivity contribution in [1.29, 1.82) is 0 Å². The van der Waals surface area contributed by atoms with Crippen LogP contribution in [0.1, 0.15) is 35.7 Å². The van der Waals surface area contributed by atoms with Crippen LogP contribution < -0.4 is 0 Å². The second-order valence-corrected chi connectivity index (χ2v) is 9.32. The lowest BCUT2D eigenvalue weighted by atomic mass is 9.93. The van der Waals surface area contributed by atoms with Gasteiger partial charge in [0.25, 0.3) is 0 Å². The summed E-state index contributed by atoms with van der Waals surface area (Å²) in [5, 5.41) is 15.0. The van der Waals surface area contributed by atoms with Crippen LogP contribution in [-0.2, 0) is 16.9 Å². The number of likely N-dealkylation sites (N-methyl/N-ethyl adjacent to an activating group) is 1. The minimum atomic E-state index is -1.16. The molecule has 32 heavy (non-hydrogen) atoms. The first-order chi connectivity index (χ1) is 15.5. The lowest BCUT2D eigenvalue weighted by Gasteiger charge is -2.24. The van der Waals surface area contributed by atoms with Gasteiger partial charge in [0.05, 0.1) is 18.3 Å². The number of nitrogens with zero attached hydrogens (tertiary/aromatic N) is 5. The van der Waals surface area contributed by atoms with E-state index in [1.54, 1.807) is 25.8 Å². The van der Waals surface area contributed by atoms with E-state index in [-0.39, 0.29) is 6.04 Å². The molecule has 166 valence electrons. The van der Waals surface area contributed by atoms with Crippen LogP contribution in [0.3, 0.4) is 0 Å². The Bertz CT molecular complexity index is 1220. The largest absolute Gasteiger partial charge is 0.383 e. The summed E-state index contributed by atoms with van der Waals surface area (Å²) in [5.41, 5.74) is 4.11. The number of rotatable bonds is 7. The van der Waals surface area contributed by atoms with Crippen LogP contribution in [0.15, 0.2) is 48.4 Å². The molecule has 1 unspecified atom stereocenters. The Kier molecular flexibility index (Phi) is 5.54. The Balaban J connectivity index is 1.70. The molecule has 3 aromatic heterocycles. The fraction of sp³-hybridized carbons (Fsp3) is 0.375. The maximum Gasteiger partial charge on any atom is 0.138 e. The van der Waals surface area contributed by atoms with Gasteiger partial charge in [0.2, 0.25) is 0 Å². The van der Waals surface area contributed by atoms with Crippen molar-refractivity contribution in [2.45, 2.75) is 31.5 Å². The minimum Gasteiger partial charge on any atom is -0.383 e. The van der Waals surface area contributed by atoms with Crippen LogP contribution in [-0.4, -0.2) is 56.8 Å². The number of thiazole rings is 1. The average Bonchev–Trinajstić information content (AvgIpc) is 3.54. The maximum absolute atomic E-state index is 11.3. The summed E-state index contributed by atoms with van der Waals surface area (Å²) in [5.74, 6) is 0. The molecule has 7 nitrogen and oxygen atoms in total. The van der Waals surface area contributed by atoms with E-state index in [0.717, 1.165) is 47.2 Å². The molecular formula is C24H27N5O2S. The van der Waals surface area contributed by atoms with Crippen LogP contribution in [0.2, 0.25) is 0 Å². The highest BCUT2D eigenvalue weighted by Crippen LogP contribution is 2.45. The summed E-state index contributed by atoms with van der Waals surface area (Å²) >= 11 is 1.46. The number of benzene rings is 1. The van der Waals surface area contributed by atoms with Gasteiger partial charge in [-0.1, -0.05) is 6.07 Å². The molecule has 0 saturated carbocycles. The first kappa shape index (κ1) is 21.2. The number of methoxy groups -OCH3 is 1. The van der Waals surface area contributed by atoms with Gasteiger partial charge in [-0.15, -0.1) is 11.3 Å². The van der Waals surface area contributed by atoms with Crippen LogP contribution in [0.4, 0.5) is 0 Å². The van der Waals surface area contributed by atoms with Crippen molar-refractivity contribution in [1.82, 2.24) is 24.4 Å². The van der Waals surface area contributed by atoms with E-state index in [1.165, 1.54) is 17.0 Å². The zero-order chi connectivity index (χ0) is 22.3. The fourth-order valence-electron chi connectivity index (χ4n) is 4.77. The van der Waals surface area contributed by atoms with Gasteiger partial charge in [0.1, 0.15) is 16.9 Å². The standard InChI is InChI=1S/C24H27N5O2S/c1-24(30,23-26-9-13-32-23)16-4-5-19-17(14-16)21(18-6-8-25-15-27-18)22-20(7-10-29(19)22)28(2)11-12-31-3/h4-6,8-9,13-15,20,30H,7,10-12H2,1-3H3/t20-,24?/m1/s1. The molecule has 1 aliphatic heterocycles. The zero-order valence-corrected chi connectivity index (χ0v) is 19.3. The Morgan fingerprint density at radius 3 is 2.88 bits per heavy atom. The number of hydrogen-bond donors (Lipinski definition) is 1. The van der Waals surface area contributed by atoms with E-state index in [2.05, 4.69) is 43.6 Å². The lowest BCUT2D eigenvalue weighted by molar-refractivity contribution is 0.102. The maximum atomic E-state index is 11.3. The minimum absolute atomic E-state index is 0.269. The van der Waals surface area contributed by atoms with E-state index in [1.807, 2.05) is 24.4 Å². The van der Waals surface area contributed by atoms with Crippen molar-refractivity contribution >= 4 is 22.2 Å². The average molecular weight is 450 g/mol. The van der Waals surface area contributed by atoms with Crippen molar-refractivity contribution in [3.8, 4) is 11.3 Å². The molecule has 4 aromatic rings. The molecule has 8 heteroatoms. The van der Waals surface area contributed by atoms with Crippen molar-refractivity contribution in [2.24, 2.45) is 0 Å². The van der Waals surface area contributed by atoms with Gasteiger partial charge in [-0.05, 0) is 44.2 Å². The molecule has 0 spiro atoms. The summed E-state index contributed by atoms with van der Waals surface area (Å²) in [6, 6.07) is 8.48. The number of hydrogen-bond acceptors (Lipinski definition) is 7. The lowest BCUT2D eigenvalue weighted by Crippen LogP contribution is -2.27. The second kappa shape index (κ2) is 8.37. The monoisotopic (exact) mass is 449 g/mol. The van der Waals surface area contributed by atoms with E-state index in [4.69, 9.17) is 4.74 Å². The molecule has 0 radical (unpaired) electrons. The molecule has 0 saturated heterocycles. The first-order valence-corrected chi connectivity index (χ1v) is 11.6. The van der Waals surface area contributed by atoms with Crippen molar-refractivity contribution in [3.63, 3.8) is 0 Å². The van der Waals surface area contributed by atoms with Crippen LogP contribution in [0, 0.1) is 0 Å². The molecule has 1 aromatic carbocycles. The third-order valence-corrected chi connectivity index (χ3v) is 7.46. The van der Waals surface area contributed by atoms with Gasteiger partial charge in [0.15, 0.2) is 0 Å². The number of ether oxygens (including phenoxy) is 1. The zero-order valence-electron chi connectivity index (χ0n) is 18.5. The molecule has 1 N–H and O–H groups in total. The Morgan fingerprint density at radius 1 is 1.28 bits per heavy atom. The van der Waals surface area contributed by atoms with Gasteiger partial charge in [-0.3, -0.25) is 4.90 Å². The molecule has 0 bridgehead atoms. The molecule has 4 heterocycles. The van der Waals surface area contributed by atoms with Crippen LogP contribution in [0.25, 0.3) is 22.2 Å². The number of fused-ring (bicyclic) bond motifs is 3. The van der Waals surface area contributed by atoms with Crippen LogP contribution in [0.5, 0.6) is 0 Å². The third-order valence-electron chi connectivity index (χ3n) is 6.47. The predicted octanol–water partition coefficient (Wildman–Crippen LogP) is 3.83. The number of aromatic nitrogens is 4. The van der Waals surface area contributed by atoms with E-state index >= 15 is 0 Å². The predicted molar refractivity (Wildman–Crippen MR) is 126 cm³/mol. The topological polar surface area (TPSA) is 76.3 Å². The van der Waals surface area contributed by atoms with Gasteiger partial charge < -0.3 is 14.4 Å². The molecule has 2 atom stereocenters. The number of aliphatic hydroxyl groups is 1. The van der Waals surface area contributed by atoms with Gasteiger partial charge >= 0.3 is 0 Å². The van der Waals surface area contributed by atoms with Crippen molar-refractivity contribution in [2.75, 3.05) is 27.3 Å². The summed E-state index contributed by atoms with van der Waals surface area (Å²) < 4.78 is 7.73. The first-order valence-electron chi connectivity index (χ1n) is 10.8. The smallest absolute Gasteiger partial charge is 0.138 e. The molecule has 0 fully saturated rings. The molecule has 5 rings (SSSR count). The highest BCUT2D eigenvalue weighted by Gasteiger charge is 2.35. The van der Waals surface area contributed by atoms with Crippen LogP contribution >= 0.6 is 11.3 Å². The van der Waals surface area contributed by atoms with E-state index in [0.29, 0.717) is 11.6 Å². The molecule has 1 aliphatic rings. The molecular weight excluding hydrogens is 422 g/mol. The Hall–Kier alpha value is -2.65. The van der Waals surface area contributed by atoms with Crippen molar-refractivity contribution in [3.05, 3.63) is 64.6 Å². The molecule has 0 amide bonds. The summed E-state index contributed by atoms with van der Waals surface area (Å²) in [6.45, 7) is 4.30. The third kappa shape index (κ3) is 3.44. The molecule has 0 aliphatic carbocycles. The quantitative estimate of drug-likeness (QED) is 0.462. The number of aryl methyl sites for hydroxylation is 1. The SMILES string of the molecule is COCCN(C)[C@@H]1CCn2c1c(-c1ccncn1)c1cc(C(C)(O)c3nccs3)ccc12. The second-order valence-electron chi connectivity index (χ2n) is 8.43.